The van der Waals surface area contributed by atoms with Gasteiger partial charge in [-0.2, -0.15) is 15.0 Å². The minimum Gasteiger partial charge on any atom is -0.385 e. The summed E-state index contributed by atoms with van der Waals surface area (Å²) in [6, 6.07) is -0.00404. The molecule has 29 heavy (non-hydrogen) atoms. The van der Waals surface area contributed by atoms with Crippen molar-refractivity contribution < 1.29 is 4.74 Å². The van der Waals surface area contributed by atoms with Crippen molar-refractivity contribution in [3.8, 4) is 0 Å². The Bertz CT molecular complexity index is 574. The summed E-state index contributed by atoms with van der Waals surface area (Å²) >= 11 is 0. The number of halogens is 1. The van der Waals surface area contributed by atoms with Crippen LogP contribution >= 0.6 is 12.4 Å². The Morgan fingerprint density at radius 2 is 1.31 bits per heavy atom. The van der Waals surface area contributed by atoms with Crippen molar-refractivity contribution in [2.24, 2.45) is 22.9 Å². The number of hydrogen-bond acceptors (Lipinski definition) is 11. The molecule has 0 aromatic carbocycles. The molecule has 3 rings (SSSR count). The number of piperidine rings is 2. The third-order valence-corrected chi connectivity index (χ3v) is 5.02. The molecule has 0 spiro atoms. The van der Waals surface area contributed by atoms with Crippen LogP contribution in [0, 0.1) is 0 Å². The molecule has 2 fully saturated rings. The van der Waals surface area contributed by atoms with Crippen LogP contribution in [0.15, 0.2) is 0 Å². The highest BCUT2D eigenvalue weighted by atomic mass is 35.5. The fraction of sp³-hybridized carbons (Fsp3) is 0.824. The number of nitrogens with one attached hydrogen (secondary N) is 1. The van der Waals surface area contributed by atoms with Crippen LogP contribution < -0.4 is 38.1 Å². The lowest BCUT2D eigenvalue weighted by molar-refractivity contribution is 0.197. The highest BCUT2D eigenvalue weighted by Crippen LogP contribution is 2.22. The molecule has 2 saturated heterocycles. The molecule has 1 aromatic rings. The zero-order valence-electron chi connectivity index (χ0n) is 17.0. The van der Waals surface area contributed by atoms with Crippen LogP contribution in [0.25, 0.3) is 0 Å². The Morgan fingerprint density at radius 3 is 1.72 bits per heavy atom. The van der Waals surface area contributed by atoms with Crippen molar-refractivity contribution in [1.29, 1.82) is 0 Å². The van der Waals surface area contributed by atoms with Gasteiger partial charge in [0.05, 0.1) is 0 Å². The Hall–Kier alpha value is -1.50. The van der Waals surface area contributed by atoms with Crippen molar-refractivity contribution in [2.45, 2.75) is 43.4 Å². The number of anilines is 3. The van der Waals surface area contributed by atoms with Gasteiger partial charge in [0.1, 0.15) is 0 Å². The average Bonchev–Trinajstić information content (AvgIpc) is 2.63. The number of ether oxygens (including phenoxy) is 1. The molecule has 0 unspecified atom stereocenters. The fourth-order valence-corrected chi connectivity index (χ4v) is 3.82. The Morgan fingerprint density at radius 1 is 0.862 bits per heavy atom. The lowest BCUT2D eigenvalue weighted by Crippen LogP contribution is -2.54. The number of hydrogen-bond donors (Lipinski definition) is 5. The molecule has 2 aliphatic rings. The molecule has 2 aliphatic heterocycles. The van der Waals surface area contributed by atoms with Crippen LogP contribution in [0.3, 0.4) is 0 Å². The van der Waals surface area contributed by atoms with Gasteiger partial charge >= 0.3 is 0 Å². The molecular weight excluding hydrogens is 396 g/mol. The summed E-state index contributed by atoms with van der Waals surface area (Å²) in [7, 11) is 1.69. The highest BCUT2D eigenvalue weighted by molar-refractivity contribution is 5.85. The maximum absolute atomic E-state index is 6.16. The van der Waals surface area contributed by atoms with E-state index in [-0.39, 0.29) is 36.6 Å². The van der Waals surface area contributed by atoms with Gasteiger partial charge in [-0.05, 0) is 19.3 Å². The van der Waals surface area contributed by atoms with Gasteiger partial charge in [-0.25, -0.2) is 0 Å². The molecule has 11 nitrogen and oxygen atoms in total. The van der Waals surface area contributed by atoms with Gasteiger partial charge in [-0.15, -0.1) is 12.4 Å². The largest absolute Gasteiger partial charge is 0.385 e. The summed E-state index contributed by atoms with van der Waals surface area (Å²) in [6.07, 6.45) is 2.45. The molecule has 4 atom stereocenters. The lowest BCUT2D eigenvalue weighted by atomic mass is 10.0. The van der Waals surface area contributed by atoms with Crippen LogP contribution in [0.1, 0.15) is 19.3 Å². The van der Waals surface area contributed by atoms with Gasteiger partial charge < -0.3 is 42.8 Å². The summed E-state index contributed by atoms with van der Waals surface area (Å²) in [5, 5.41) is 3.26. The summed E-state index contributed by atoms with van der Waals surface area (Å²) in [4.78, 5) is 18.0. The maximum Gasteiger partial charge on any atom is 0.232 e. The van der Waals surface area contributed by atoms with Crippen LogP contribution in [0.5, 0.6) is 0 Å². The topological polar surface area (TPSA) is 170 Å². The van der Waals surface area contributed by atoms with E-state index in [1.807, 2.05) is 9.80 Å². The second-order valence-electron chi connectivity index (χ2n) is 7.85. The smallest absolute Gasteiger partial charge is 0.232 e. The molecule has 0 aliphatic carbocycles. The minimum atomic E-state index is -0.00101. The van der Waals surface area contributed by atoms with Gasteiger partial charge in [-0.3, -0.25) is 0 Å². The van der Waals surface area contributed by atoms with Gasteiger partial charge in [-0.1, -0.05) is 0 Å². The van der Waals surface area contributed by atoms with E-state index in [1.165, 1.54) is 0 Å². The predicted octanol–water partition coefficient (Wildman–Crippen LogP) is -1.53. The van der Waals surface area contributed by atoms with Gasteiger partial charge in [0.2, 0.25) is 17.8 Å². The van der Waals surface area contributed by atoms with Crippen molar-refractivity contribution in [3.05, 3.63) is 0 Å². The van der Waals surface area contributed by atoms with E-state index < -0.39 is 0 Å². The van der Waals surface area contributed by atoms with E-state index in [2.05, 4.69) is 15.3 Å². The molecule has 1 aromatic heterocycles. The van der Waals surface area contributed by atoms with E-state index in [1.54, 1.807) is 7.11 Å². The molecule has 12 heteroatoms. The van der Waals surface area contributed by atoms with E-state index in [4.69, 9.17) is 32.7 Å². The first-order valence-electron chi connectivity index (χ1n) is 9.95. The van der Waals surface area contributed by atoms with Crippen molar-refractivity contribution in [1.82, 2.24) is 15.0 Å². The third kappa shape index (κ3) is 6.76. The Balaban J connectivity index is 0.00000300. The maximum atomic E-state index is 6.16. The number of methoxy groups -OCH3 is 1. The van der Waals surface area contributed by atoms with Crippen molar-refractivity contribution in [3.63, 3.8) is 0 Å². The standard InChI is InChI=1S/C17H34N10O.ClH/c1-28-4-2-3-22-15-23-16(26-7-11(18)5-12(19)8-26)25-17(24-15)27-9-13(20)6-14(21)10-27;/h11-14H,2-10,18-21H2,1H3,(H,22,23,24,25);1H/t11-,12+,13-,14+;. The zero-order chi connectivity index (χ0) is 20.1. The zero-order valence-corrected chi connectivity index (χ0v) is 17.9. The van der Waals surface area contributed by atoms with Gasteiger partial charge in [0.15, 0.2) is 0 Å². The fourth-order valence-electron chi connectivity index (χ4n) is 3.82. The third-order valence-electron chi connectivity index (χ3n) is 5.02. The molecule has 0 amide bonds. The first-order valence-corrected chi connectivity index (χ1v) is 9.95. The van der Waals surface area contributed by atoms with Crippen LogP contribution in [-0.2, 0) is 4.74 Å². The Kier molecular flexibility index (Phi) is 9.05. The molecule has 0 bridgehead atoms. The number of nitrogens with two attached hydrogens (primary N) is 4. The average molecular weight is 431 g/mol. The number of aromatic nitrogens is 3. The van der Waals surface area contributed by atoms with Gasteiger partial charge in [0.25, 0.3) is 0 Å². The summed E-state index contributed by atoms with van der Waals surface area (Å²) in [5.41, 5.74) is 24.6. The molecule has 0 radical (unpaired) electrons. The predicted molar refractivity (Wildman–Crippen MR) is 118 cm³/mol. The molecule has 9 N–H and O–H groups in total. The summed E-state index contributed by atoms with van der Waals surface area (Å²) in [6.45, 7) is 4.04. The van der Waals surface area contributed by atoms with Crippen molar-refractivity contribution >= 4 is 30.3 Å². The minimum absolute atomic E-state index is 0. The second-order valence-corrected chi connectivity index (χ2v) is 7.85. The van der Waals surface area contributed by atoms with E-state index >= 15 is 0 Å². The van der Waals surface area contributed by atoms with Crippen LogP contribution in [-0.4, -0.2) is 85.6 Å². The quantitative estimate of drug-likeness (QED) is 0.318. The number of rotatable bonds is 7. The van der Waals surface area contributed by atoms with Crippen molar-refractivity contribution in [2.75, 3.05) is 61.6 Å². The second kappa shape index (κ2) is 11.0. The first kappa shape index (κ1) is 23.8. The lowest BCUT2D eigenvalue weighted by Gasteiger charge is -2.37. The Labute approximate surface area is 178 Å². The SMILES string of the molecule is COCCCNc1nc(N2C[C@H](N)C[C@H](N)C2)nc(N2C[C@H](N)C[C@H](N)C2)n1.Cl. The normalized spacial score (nSPS) is 27.5. The summed E-state index contributed by atoms with van der Waals surface area (Å²) in [5.74, 6) is 1.69. The van der Waals surface area contributed by atoms with E-state index in [0.29, 0.717) is 57.2 Å². The molecule has 166 valence electrons. The van der Waals surface area contributed by atoms with E-state index in [0.717, 1.165) is 19.3 Å². The molecular formula is C17H35ClN10O. The van der Waals surface area contributed by atoms with Crippen LogP contribution in [0.4, 0.5) is 17.8 Å². The van der Waals surface area contributed by atoms with E-state index in [9.17, 15) is 0 Å². The molecule has 0 saturated carbocycles. The highest BCUT2D eigenvalue weighted by Gasteiger charge is 2.28. The van der Waals surface area contributed by atoms with Crippen LogP contribution in [0.2, 0.25) is 0 Å². The van der Waals surface area contributed by atoms with Gasteiger partial charge in [0, 0.05) is 70.6 Å². The monoisotopic (exact) mass is 430 g/mol. The number of nitrogens with zero attached hydrogens (tertiary/aromatic N) is 5. The first-order chi connectivity index (χ1) is 13.4. The summed E-state index contributed by atoms with van der Waals surface area (Å²) < 4.78 is 5.10. The molecule has 3 heterocycles.